The van der Waals surface area contributed by atoms with Crippen LogP contribution in [0.25, 0.3) is 5.69 Å². The van der Waals surface area contributed by atoms with Gasteiger partial charge in [-0.2, -0.15) is 0 Å². The van der Waals surface area contributed by atoms with Gasteiger partial charge in [-0.25, -0.2) is 0 Å². The van der Waals surface area contributed by atoms with Gasteiger partial charge in [0.2, 0.25) is 0 Å². The van der Waals surface area contributed by atoms with E-state index in [4.69, 9.17) is 9.84 Å². The zero-order valence-corrected chi connectivity index (χ0v) is 12.8. The molecule has 1 aromatic heterocycles. The monoisotopic (exact) mass is 307 g/mol. The van der Waals surface area contributed by atoms with Crippen LogP contribution in [-0.2, 0) is 11.2 Å². The smallest absolute Gasteiger partial charge is 0.313 e. The van der Waals surface area contributed by atoms with Crippen molar-refractivity contribution >= 4 is 17.7 Å². The molecule has 2 rings (SSSR count). The topological polar surface area (TPSA) is 77.2 Å². The SMILES string of the molecule is CCOc1ccccc1-n1c(CC)nnc1SCC(=O)O. The first kappa shape index (κ1) is 15.4. The van der Waals surface area contributed by atoms with Crippen molar-refractivity contribution in [1.82, 2.24) is 14.8 Å². The lowest BCUT2D eigenvalue weighted by atomic mass is 10.3. The van der Waals surface area contributed by atoms with Crippen molar-refractivity contribution in [2.24, 2.45) is 0 Å². The Morgan fingerprint density at radius 3 is 2.76 bits per heavy atom. The number of aryl methyl sites for hydroxylation is 1. The van der Waals surface area contributed by atoms with E-state index in [0.29, 0.717) is 18.2 Å². The lowest BCUT2D eigenvalue weighted by Crippen LogP contribution is -2.06. The summed E-state index contributed by atoms with van der Waals surface area (Å²) in [7, 11) is 0. The number of rotatable bonds is 7. The van der Waals surface area contributed by atoms with Gasteiger partial charge in [0.05, 0.1) is 18.0 Å². The van der Waals surface area contributed by atoms with Gasteiger partial charge in [-0.3, -0.25) is 9.36 Å². The highest BCUT2D eigenvalue weighted by Gasteiger charge is 2.17. The van der Waals surface area contributed by atoms with Crippen molar-refractivity contribution in [2.45, 2.75) is 25.4 Å². The van der Waals surface area contributed by atoms with Crippen LogP contribution in [0.3, 0.4) is 0 Å². The molecule has 1 aromatic carbocycles. The maximum absolute atomic E-state index is 10.8. The van der Waals surface area contributed by atoms with E-state index >= 15 is 0 Å². The summed E-state index contributed by atoms with van der Waals surface area (Å²) in [6.45, 7) is 4.46. The highest BCUT2D eigenvalue weighted by atomic mass is 32.2. The van der Waals surface area contributed by atoms with Crippen LogP contribution in [0, 0.1) is 0 Å². The predicted molar refractivity (Wildman–Crippen MR) is 80.3 cm³/mol. The minimum Gasteiger partial charge on any atom is -0.492 e. The average molecular weight is 307 g/mol. The number of hydrogen-bond acceptors (Lipinski definition) is 5. The van der Waals surface area contributed by atoms with Crippen molar-refractivity contribution in [1.29, 1.82) is 0 Å². The van der Waals surface area contributed by atoms with E-state index in [2.05, 4.69) is 10.2 Å². The lowest BCUT2D eigenvalue weighted by Gasteiger charge is -2.13. The summed E-state index contributed by atoms with van der Waals surface area (Å²) >= 11 is 1.15. The molecule has 112 valence electrons. The number of para-hydroxylation sites is 2. The summed E-state index contributed by atoms with van der Waals surface area (Å²) in [5, 5.41) is 17.6. The molecule has 0 fully saturated rings. The van der Waals surface area contributed by atoms with E-state index in [-0.39, 0.29) is 5.75 Å². The third kappa shape index (κ3) is 3.55. The summed E-state index contributed by atoms with van der Waals surface area (Å²) in [5.41, 5.74) is 0.828. The number of carboxylic acid groups (broad SMARTS) is 1. The molecule has 0 spiro atoms. The van der Waals surface area contributed by atoms with Crippen molar-refractivity contribution in [3.05, 3.63) is 30.1 Å². The quantitative estimate of drug-likeness (QED) is 0.792. The van der Waals surface area contributed by atoms with Gasteiger partial charge in [0.25, 0.3) is 0 Å². The van der Waals surface area contributed by atoms with Crippen LogP contribution in [0.2, 0.25) is 0 Å². The van der Waals surface area contributed by atoms with Gasteiger partial charge < -0.3 is 9.84 Å². The molecule has 6 nitrogen and oxygen atoms in total. The van der Waals surface area contributed by atoms with E-state index in [9.17, 15) is 4.79 Å². The Labute approximate surface area is 127 Å². The first-order valence-electron chi connectivity index (χ1n) is 6.68. The molecule has 7 heteroatoms. The summed E-state index contributed by atoms with van der Waals surface area (Å²) in [5.74, 6) is 0.561. The van der Waals surface area contributed by atoms with Crippen LogP contribution in [0.4, 0.5) is 0 Å². The summed E-state index contributed by atoms with van der Waals surface area (Å²) in [4.78, 5) is 10.8. The fourth-order valence-electron chi connectivity index (χ4n) is 1.91. The molecule has 0 amide bonds. The number of benzene rings is 1. The average Bonchev–Trinajstić information content (AvgIpc) is 2.89. The highest BCUT2D eigenvalue weighted by molar-refractivity contribution is 7.99. The fraction of sp³-hybridized carbons (Fsp3) is 0.357. The van der Waals surface area contributed by atoms with Gasteiger partial charge >= 0.3 is 5.97 Å². The number of aromatic nitrogens is 3. The largest absolute Gasteiger partial charge is 0.492 e. The Morgan fingerprint density at radius 2 is 2.10 bits per heavy atom. The number of ether oxygens (including phenoxy) is 1. The molecule has 2 aromatic rings. The standard InChI is InChI=1S/C14H17N3O3S/c1-3-12-15-16-14(21-9-13(18)19)17(12)10-7-5-6-8-11(10)20-4-2/h5-8H,3-4,9H2,1-2H3,(H,18,19). The van der Waals surface area contributed by atoms with E-state index in [1.54, 1.807) is 0 Å². The second-order valence-electron chi connectivity index (χ2n) is 4.17. The normalized spacial score (nSPS) is 10.6. The Bertz CT molecular complexity index is 628. The third-order valence-electron chi connectivity index (χ3n) is 2.75. The Hall–Kier alpha value is -2.02. The molecule has 21 heavy (non-hydrogen) atoms. The second kappa shape index (κ2) is 7.12. The maximum Gasteiger partial charge on any atom is 0.313 e. The number of thioether (sulfide) groups is 1. The number of hydrogen-bond donors (Lipinski definition) is 1. The van der Waals surface area contributed by atoms with Crippen molar-refractivity contribution in [3.63, 3.8) is 0 Å². The zero-order valence-electron chi connectivity index (χ0n) is 11.9. The van der Waals surface area contributed by atoms with Gasteiger partial charge in [-0.1, -0.05) is 30.8 Å². The first-order valence-corrected chi connectivity index (χ1v) is 7.67. The van der Waals surface area contributed by atoms with Crippen LogP contribution in [0.1, 0.15) is 19.7 Å². The minimum atomic E-state index is -0.884. The predicted octanol–water partition coefficient (Wildman–Crippen LogP) is 2.41. The van der Waals surface area contributed by atoms with Gasteiger partial charge in [0, 0.05) is 6.42 Å². The summed E-state index contributed by atoms with van der Waals surface area (Å²) in [6.07, 6.45) is 0.696. The Kier molecular flexibility index (Phi) is 5.21. The molecular weight excluding hydrogens is 290 g/mol. The van der Waals surface area contributed by atoms with E-state index in [0.717, 1.165) is 29.0 Å². The molecule has 0 aliphatic carbocycles. The molecular formula is C14H17N3O3S. The number of carboxylic acids is 1. The van der Waals surface area contributed by atoms with Crippen LogP contribution in [-0.4, -0.2) is 38.2 Å². The van der Waals surface area contributed by atoms with Crippen molar-refractivity contribution < 1.29 is 14.6 Å². The van der Waals surface area contributed by atoms with Crippen LogP contribution in [0.15, 0.2) is 29.4 Å². The van der Waals surface area contributed by atoms with E-state index in [1.165, 1.54) is 0 Å². The van der Waals surface area contributed by atoms with Gasteiger partial charge in [-0.15, -0.1) is 10.2 Å². The minimum absolute atomic E-state index is 0.0569. The summed E-state index contributed by atoms with van der Waals surface area (Å²) < 4.78 is 7.50. The number of nitrogens with zero attached hydrogens (tertiary/aromatic N) is 3. The number of aliphatic carboxylic acids is 1. The molecule has 1 N–H and O–H groups in total. The van der Waals surface area contributed by atoms with Gasteiger partial charge in [0.1, 0.15) is 11.6 Å². The van der Waals surface area contributed by atoms with Crippen molar-refractivity contribution in [2.75, 3.05) is 12.4 Å². The lowest BCUT2D eigenvalue weighted by molar-refractivity contribution is -0.133. The zero-order chi connectivity index (χ0) is 15.2. The first-order chi connectivity index (χ1) is 10.2. The molecule has 0 aliphatic heterocycles. The van der Waals surface area contributed by atoms with Crippen molar-refractivity contribution in [3.8, 4) is 11.4 Å². The van der Waals surface area contributed by atoms with E-state index in [1.807, 2.05) is 42.7 Å². The second-order valence-corrected chi connectivity index (χ2v) is 5.11. The highest BCUT2D eigenvalue weighted by Crippen LogP contribution is 2.28. The molecule has 0 saturated heterocycles. The third-order valence-corrected chi connectivity index (χ3v) is 3.66. The Balaban J connectivity index is 2.46. The number of carbonyl (C=O) groups is 1. The van der Waals surface area contributed by atoms with Crippen LogP contribution >= 0.6 is 11.8 Å². The van der Waals surface area contributed by atoms with E-state index < -0.39 is 5.97 Å². The Morgan fingerprint density at radius 1 is 1.33 bits per heavy atom. The fourth-order valence-corrected chi connectivity index (χ4v) is 2.59. The van der Waals surface area contributed by atoms with Crippen LogP contribution < -0.4 is 4.74 Å². The molecule has 1 heterocycles. The molecule has 0 radical (unpaired) electrons. The maximum atomic E-state index is 10.8. The molecule has 0 unspecified atom stereocenters. The molecule has 0 aliphatic rings. The van der Waals surface area contributed by atoms with Gasteiger partial charge in [0.15, 0.2) is 5.16 Å². The molecule has 0 bridgehead atoms. The summed E-state index contributed by atoms with van der Waals surface area (Å²) in [6, 6.07) is 7.60. The molecule has 0 atom stereocenters. The van der Waals surface area contributed by atoms with Gasteiger partial charge in [-0.05, 0) is 19.1 Å². The molecule has 0 saturated carbocycles. The van der Waals surface area contributed by atoms with Crippen LogP contribution in [0.5, 0.6) is 5.75 Å².